The molecule has 0 aliphatic carbocycles. The van der Waals surface area contributed by atoms with Crippen LogP contribution in [0.3, 0.4) is 0 Å². The number of pyridine rings is 1. The van der Waals surface area contributed by atoms with Gasteiger partial charge in [-0.1, -0.05) is 32.4 Å². The summed E-state index contributed by atoms with van der Waals surface area (Å²) in [6.45, 7) is 6.28. The van der Waals surface area contributed by atoms with E-state index in [9.17, 15) is 0 Å². The Hall–Kier alpha value is -0.600. The molecule has 0 saturated carbocycles. The van der Waals surface area contributed by atoms with Crippen LogP contribution < -0.4 is 5.73 Å². The van der Waals surface area contributed by atoms with Gasteiger partial charge in [0.05, 0.1) is 5.02 Å². The molecule has 13 heavy (non-hydrogen) atoms. The number of hydrogen-bond donors (Lipinski definition) is 1. The van der Waals surface area contributed by atoms with Crippen molar-refractivity contribution in [2.24, 2.45) is 11.1 Å². The van der Waals surface area contributed by atoms with Gasteiger partial charge in [-0.05, 0) is 17.0 Å². The van der Waals surface area contributed by atoms with Gasteiger partial charge in [-0.15, -0.1) is 0 Å². The molecular weight excluding hydrogens is 184 g/mol. The van der Waals surface area contributed by atoms with Gasteiger partial charge in [-0.25, -0.2) is 0 Å². The summed E-state index contributed by atoms with van der Waals surface area (Å²) in [5.41, 5.74) is 7.04. The molecule has 1 aromatic heterocycles. The molecule has 0 saturated heterocycles. The van der Waals surface area contributed by atoms with Crippen LogP contribution in [-0.4, -0.2) is 4.98 Å². The first-order chi connectivity index (χ1) is 5.93. The van der Waals surface area contributed by atoms with Crippen LogP contribution in [0.25, 0.3) is 0 Å². The lowest BCUT2D eigenvalue weighted by Crippen LogP contribution is -2.26. The Morgan fingerprint density at radius 2 is 2.08 bits per heavy atom. The van der Waals surface area contributed by atoms with Gasteiger partial charge >= 0.3 is 0 Å². The maximum absolute atomic E-state index is 6.06. The van der Waals surface area contributed by atoms with Crippen LogP contribution in [0.2, 0.25) is 5.02 Å². The van der Waals surface area contributed by atoms with Crippen LogP contribution in [0.5, 0.6) is 0 Å². The molecule has 1 rings (SSSR count). The third-order valence-corrected chi connectivity index (χ3v) is 2.39. The van der Waals surface area contributed by atoms with Crippen molar-refractivity contribution in [3.63, 3.8) is 0 Å². The predicted octanol–water partition coefficient (Wildman–Crippen LogP) is 2.78. The number of nitrogens with two attached hydrogens (primary N) is 1. The molecule has 0 aromatic carbocycles. The third-order valence-electron chi connectivity index (χ3n) is 2.07. The summed E-state index contributed by atoms with van der Waals surface area (Å²) in [5, 5.41) is 0.643. The van der Waals surface area contributed by atoms with Crippen LogP contribution >= 0.6 is 11.6 Å². The van der Waals surface area contributed by atoms with Crippen LogP contribution in [0.15, 0.2) is 18.5 Å². The normalized spacial score (nSPS) is 14.2. The number of nitrogens with zero attached hydrogens (tertiary/aromatic N) is 1. The minimum atomic E-state index is -0.0528. The lowest BCUT2D eigenvalue weighted by atomic mass is 9.83. The topological polar surface area (TPSA) is 38.9 Å². The number of aromatic nitrogens is 1. The van der Waals surface area contributed by atoms with Gasteiger partial charge in [0.25, 0.3) is 0 Å². The maximum Gasteiger partial charge on any atom is 0.0637 e. The molecule has 0 aliphatic heterocycles. The van der Waals surface area contributed by atoms with E-state index in [2.05, 4.69) is 25.8 Å². The summed E-state index contributed by atoms with van der Waals surface area (Å²) in [6, 6.07) is 1.82. The molecule has 0 bridgehead atoms. The summed E-state index contributed by atoms with van der Waals surface area (Å²) >= 11 is 5.98. The largest absolute Gasteiger partial charge is 0.323 e. The van der Waals surface area contributed by atoms with E-state index in [1.54, 1.807) is 12.4 Å². The van der Waals surface area contributed by atoms with E-state index < -0.39 is 0 Å². The Balaban J connectivity index is 3.02. The second-order valence-corrected chi connectivity index (χ2v) is 4.65. The fourth-order valence-corrected chi connectivity index (χ4v) is 1.34. The lowest BCUT2D eigenvalue weighted by molar-refractivity contribution is 0.327. The highest BCUT2D eigenvalue weighted by molar-refractivity contribution is 6.31. The Labute approximate surface area is 84.1 Å². The quantitative estimate of drug-likeness (QED) is 0.754. The molecule has 0 amide bonds. The average Bonchev–Trinajstić information content (AvgIpc) is 2.02. The fraction of sp³-hybridized carbons (Fsp3) is 0.500. The first-order valence-electron chi connectivity index (χ1n) is 4.28. The van der Waals surface area contributed by atoms with Crippen molar-refractivity contribution in [2.75, 3.05) is 0 Å². The van der Waals surface area contributed by atoms with Crippen molar-refractivity contribution in [1.82, 2.24) is 4.98 Å². The van der Waals surface area contributed by atoms with Crippen LogP contribution in [0.1, 0.15) is 32.4 Å². The van der Waals surface area contributed by atoms with Crippen molar-refractivity contribution < 1.29 is 0 Å². The highest BCUT2D eigenvalue weighted by atomic mass is 35.5. The van der Waals surface area contributed by atoms with E-state index >= 15 is 0 Å². The smallest absolute Gasteiger partial charge is 0.0637 e. The van der Waals surface area contributed by atoms with Gasteiger partial charge in [0.15, 0.2) is 0 Å². The minimum Gasteiger partial charge on any atom is -0.323 e. The molecule has 3 heteroatoms. The third kappa shape index (κ3) is 2.42. The molecule has 1 heterocycles. The van der Waals surface area contributed by atoms with Crippen molar-refractivity contribution in [1.29, 1.82) is 0 Å². The molecule has 0 radical (unpaired) electrons. The zero-order valence-corrected chi connectivity index (χ0v) is 8.97. The molecule has 0 spiro atoms. The van der Waals surface area contributed by atoms with Gasteiger partial charge < -0.3 is 5.73 Å². The highest BCUT2D eigenvalue weighted by Gasteiger charge is 2.23. The van der Waals surface area contributed by atoms with Gasteiger partial charge in [-0.3, -0.25) is 4.98 Å². The van der Waals surface area contributed by atoms with E-state index in [1.165, 1.54) is 0 Å². The summed E-state index contributed by atoms with van der Waals surface area (Å²) in [7, 11) is 0. The minimum absolute atomic E-state index is 0.0188. The zero-order valence-electron chi connectivity index (χ0n) is 8.21. The molecule has 1 aromatic rings. The van der Waals surface area contributed by atoms with Crippen molar-refractivity contribution in [2.45, 2.75) is 26.8 Å². The van der Waals surface area contributed by atoms with E-state index in [-0.39, 0.29) is 11.5 Å². The van der Waals surface area contributed by atoms with Crippen LogP contribution in [0.4, 0.5) is 0 Å². The SMILES string of the molecule is CC(C)(C)C(N)c1ccncc1Cl. The first-order valence-corrected chi connectivity index (χ1v) is 4.65. The molecule has 0 aliphatic rings. The molecule has 1 atom stereocenters. The van der Waals surface area contributed by atoms with Gasteiger partial charge in [0.2, 0.25) is 0 Å². The van der Waals surface area contributed by atoms with E-state index in [4.69, 9.17) is 17.3 Å². The van der Waals surface area contributed by atoms with E-state index in [0.29, 0.717) is 5.02 Å². The van der Waals surface area contributed by atoms with Crippen molar-refractivity contribution in [3.05, 3.63) is 29.0 Å². The standard InChI is InChI=1S/C10H15ClN2/c1-10(2,3)9(12)7-4-5-13-6-8(7)11/h4-6,9H,12H2,1-3H3. The predicted molar refractivity (Wildman–Crippen MR) is 55.6 cm³/mol. The van der Waals surface area contributed by atoms with Crippen LogP contribution in [-0.2, 0) is 0 Å². The maximum atomic E-state index is 6.06. The fourth-order valence-electron chi connectivity index (χ4n) is 1.10. The summed E-state index contributed by atoms with van der Waals surface area (Å²) in [5.74, 6) is 0. The van der Waals surface area contributed by atoms with E-state index in [1.807, 2.05) is 6.07 Å². The summed E-state index contributed by atoms with van der Waals surface area (Å²) in [4.78, 5) is 3.92. The summed E-state index contributed by atoms with van der Waals surface area (Å²) < 4.78 is 0. The number of rotatable bonds is 1. The molecule has 1 unspecified atom stereocenters. The highest BCUT2D eigenvalue weighted by Crippen LogP contribution is 2.33. The zero-order chi connectivity index (χ0) is 10.1. The Bertz CT molecular complexity index is 291. The Kier molecular flexibility index (Phi) is 2.94. The molecule has 2 nitrogen and oxygen atoms in total. The number of hydrogen-bond acceptors (Lipinski definition) is 2. The lowest BCUT2D eigenvalue weighted by Gasteiger charge is -2.27. The molecule has 2 N–H and O–H groups in total. The first kappa shape index (κ1) is 10.5. The monoisotopic (exact) mass is 198 g/mol. The van der Waals surface area contributed by atoms with Gasteiger partial charge in [0.1, 0.15) is 0 Å². The Morgan fingerprint density at radius 3 is 2.54 bits per heavy atom. The van der Waals surface area contributed by atoms with Crippen LogP contribution in [0, 0.1) is 5.41 Å². The van der Waals surface area contributed by atoms with Crippen molar-refractivity contribution >= 4 is 11.6 Å². The van der Waals surface area contributed by atoms with Crippen molar-refractivity contribution in [3.8, 4) is 0 Å². The Morgan fingerprint density at radius 1 is 1.46 bits per heavy atom. The second-order valence-electron chi connectivity index (χ2n) is 4.24. The molecule has 0 fully saturated rings. The second kappa shape index (κ2) is 3.64. The van der Waals surface area contributed by atoms with Gasteiger partial charge in [-0.2, -0.15) is 0 Å². The average molecular weight is 199 g/mol. The number of halogens is 1. The molecular formula is C10H15ClN2. The summed E-state index contributed by atoms with van der Waals surface area (Å²) in [6.07, 6.45) is 3.34. The van der Waals surface area contributed by atoms with E-state index in [0.717, 1.165) is 5.56 Å². The van der Waals surface area contributed by atoms with Gasteiger partial charge in [0, 0.05) is 18.4 Å². The molecule has 72 valence electrons.